The first-order valence-corrected chi connectivity index (χ1v) is 7.55. The van der Waals surface area contributed by atoms with E-state index in [0.717, 1.165) is 5.57 Å². The van der Waals surface area contributed by atoms with Crippen molar-refractivity contribution in [3.05, 3.63) is 35.7 Å². The summed E-state index contributed by atoms with van der Waals surface area (Å²) < 4.78 is 31.4. The summed E-state index contributed by atoms with van der Waals surface area (Å²) in [6, 6.07) is 4.75. The van der Waals surface area contributed by atoms with Crippen LogP contribution in [-0.4, -0.2) is 44.5 Å². The molecule has 2 heterocycles. The molecule has 6 nitrogen and oxygen atoms in total. The number of aromatic nitrogens is 1. The number of hydrogen-bond acceptors (Lipinski definition) is 5. The molecule has 0 N–H and O–H groups in total. The van der Waals surface area contributed by atoms with Gasteiger partial charge in [-0.3, -0.25) is 0 Å². The van der Waals surface area contributed by atoms with Crippen LogP contribution in [0.3, 0.4) is 0 Å². The largest absolute Gasteiger partial charge is 0.380 e. The number of sulfonamides is 1. The summed E-state index contributed by atoms with van der Waals surface area (Å²) in [6.45, 7) is 1.20. The van der Waals surface area contributed by atoms with E-state index in [1.807, 2.05) is 12.1 Å². The van der Waals surface area contributed by atoms with E-state index in [4.69, 9.17) is 10.00 Å². The van der Waals surface area contributed by atoms with Crippen LogP contribution in [0.2, 0.25) is 0 Å². The smallest absolute Gasteiger partial charge is 0.246 e. The molecule has 0 aromatic carbocycles. The summed E-state index contributed by atoms with van der Waals surface area (Å²) >= 11 is 0. The summed E-state index contributed by atoms with van der Waals surface area (Å²) in [6.07, 6.45) is 3.90. The zero-order chi connectivity index (χ0) is 14.6. The monoisotopic (exact) mass is 293 g/mol. The summed E-state index contributed by atoms with van der Waals surface area (Å²) in [5, 5.41) is 8.97. The lowest BCUT2D eigenvalue weighted by Crippen LogP contribution is -2.35. The van der Waals surface area contributed by atoms with Crippen molar-refractivity contribution >= 4 is 10.0 Å². The first-order valence-electron chi connectivity index (χ1n) is 6.11. The Balaban J connectivity index is 2.27. The van der Waals surface area contributed by atoms with Crippen LogP contribution in [0.25, 0.3) is 0 Å². The Hall–Kier alpha value is -1.75. The normalized spacial score (nSPS) is 16.5. The molecular formula is C13H15N3O3S. The molecule has 0 aliphatic carbocycles. The van der Waals surface area contributed by atoms with Gasteiger partial charge in [0.25, 0.3) is 0 Å². The second-order valence-electron chi connectivity index (χ2n) is 4.37. The Bertz CT molecular complexity index is 662. The van der Waals surface area contributed by atoms with Crippen molar-refractivity contribution in [3.8, 4) is 6.07 Å². The third kappa shape index (κ3) is 2.88. The number of methoxy groups -OCH3 is 1. The molecule has 1 aromatic rings. The van der Waals surface area contributed by atoms with Crippen molar-refractivity contribution in [3.63, 3.8) is 0 Å². The molecule has 7 heteroatoms. The molecule has 0 fully saturated rings. The fraction of sp³-hybridized carbons (Fsp3) is 0.385. The third-order valence-electron chi connectivity index (χ3n) is 3.09. The van der Waals surface area contributed by atoms with Gasteiger partial charge < -0.3 is 4.74 Å². The van der Waals surface area contributed by atoms with E-state index in [2.05, 4.69) is 4.98 Å². The van der Waals surface area contributed by atoms with Gasteiger partial charge in [-0.05, 0) is 24.1 Å². The third-order valence-corrected chi connectivity index (χ3v) is 4.99. The zero-order valence-corrected chi connectivity index (χ0v) is 11.9. The maximum atomic E-state index is 12.5. The molecule has 0 atom stereocenters. The molecule has 0 saturated carbocycles. The Morgan fingerprint density at radius 3 is 2.95 bits per heavy atom. The maximum absolute atomic E-state index is 12.5. The van der Waals surface area contributed by atoms with E-state index in [-0.39, 0.29) is 10.6 Å². The second kappa shape index (κ2) is 6.13. The van der Waals surface area contributed by atoms with Crippen molar-refractivity contribution in [2.45, 2.75) is 11.3 Å². The summed E-state index contributed by atoms with van der Waals surface area (Å²) in [7, 11) is -2.07. The minimum atomic E-state index is -3.68. The highest BCUT2D eigenvalue weighted by atomic mass is 32.2. The molecule has 1 aliphatic heterocycles. The Morgan fingerprint density at radius 1 is 1.55 bits per heavy atom. The molecule has 0 spiro atoms. The maximum Gasteiger partial charge on any atom is 0.246 e. The van der Waals surface area contributed by atoms with Gasteiger partial charge in [-0.1, -0.05) is 6.08 Å². The second-order valence-corrected chi connectivity index (χ2v) is 6.28. The topological polar surface area (TPSA) is 83.3 Å². The standard InChI is InChI=1S/C13H15N3O3S/c1-19-10-11-4-7-16(8-5-11)20(17,18)13-3-2-6-15-12(13)9-14/h2-4,6H,5,7-8,10H2,1H3. The van der Waals surface area contributed by atoms with Gasteiger partial charge in [-0.15, -0.1) is 0 Å². The van der Waals surface area contributed by atoms with Crippen molar-refractivity contribution in [2.24, 2.45) is 0 Å². The average Bonchev–Trinajstić information content (AvgIpc) is 2.48. The molecule has 2 rings (SSSR count). The van der Waals surface area contributed by atoms with Crippen molar-refractivity contribution < 1.29 is 13.2 Å². The van der Waals surface area contributed by atoms with Crippen LogP contribution in [0.15, 0.2) is 34.9 Å². The van der Waals surface area contributed by atoms with Crippen LogP contribution >= 0.6 is 0 Å². The van der Waals surface area contributed by atoms with Crippen LogP contribution in [0.4, 0.5) is 0 Å². The van der Waals surface area contributed by atoms with Gasteiger partial charge in [-0.2, -0.15) is 9.57 Å². The number of ether oxygens (including phenoxy) is 1. The van der Waals surface area contributed by atoms with Crippen LogP contribution in [0, 0.1) is 11.3 Å². The number of rotatable bonds is 4. The SMILES string of the molecule is COCC1=CCN(S(=O)(=O)c2cccnc2C#N)CC1. The number of nitrogens with zero attached hydrogens (tertiary/aromatic N) is 3. The molecule has 20 heavy (non-hydrogen) atoms. The fourth-order valence-electron chi connectivity index (χ4n) is 2.05. The van der Waals surface area contributed by atoms with Crippen LogP contribution in [0.1, 0.15) is 12.1 Å². The van der Waals surface area contributed by atoms with Crippen molar-refractivity contribution in [1.29, 1.82) is 5.26 Å². The van der Waals surface area contributed by atoms with Gasteiger partial charge >= 0.3 is 0 Å². The molecule has 0 amide bonds. The van der Waals surface area contributed by atoms with E-state index in [1.165, 1.54) is 22.6 Å². The van der Waals surface area contributed by atoms with Gasteiger partial charge in [0.15, 0.2) is 5.69 Å². The predicted octanol–water partition coefficient (Wildman–Crippen LogP) is 0.920. The lowest BCUT2D eigenvalue weighted by molar-refractivity contribution is 0.219. The molecule has 1 aliphatic rings. The van der Waals surface area contributed by atoms with E-state index in [9.17, 15) is 8.42 Å². The Labute approximate surface area is 118 Å². The number of pyridine rings is 1. The fourth-order valence-corrected chi connectivity index (χ4v) is 3.52. The Morgan fingerprint density at radius 2 is 2.35 bits per heavy atom. The predicted molar refractivity (Wildman–Crippen MR) is 72.3 cm³/mol. The molecule has 1 aromatic heterocycles. The van der Waals surface area contributed by atoms with Gasteiger partial charge in [-0.25, -0.2) is 13.4 Å². The Kier molecular flexibility index (Phi) is 4.49. The number of hydrogen-bond donors (Lipinski definition) is 0. The minimum absolute atomic E-state index is 0.0360. The van der Waals surface area contributed by atoms with Gasteiger partial charge in [0.05, 0.1) is 6.61 Å². The minimum Gasteiger partial charge on any atom is -0.380 e. The average molecular weight is 293 g/mol. The van der Waals surface area contributed by atoms with Crippen LogP contribution in [-0.2, 0) is 14.8 Å². The van der Waals surface area contributed by atoms with Gasteiger partial charge in [0.2, 0.25) is 10.0 Å². The molecule has 0 unspecified atom stereocenters. The lowest BCUT2D eigenvalue weighted by Gasteiger charge is -2.25. The van der Waals surface area contributed by atoms with Crippen molar-refractivity contribution in [2.75, 3.05) is 26.8 Å². The van der Waals surface area contributed by atoms with Crippen LogP contribution < -0.4 is 0 Å². The lowest BCUT2D eigenvalue weighted by atomic mass is 10.1. The highest BCUT2D eigenvalue weighted by Crippen LogP contribution is 2.22. The molecular weight excluding hydrogens is 278 g/mol. The van der Waals surface area contributed by atoms with E-state index in [1.54, 1.807) is 7.11 Å². The summed E-state index contributed by atoms with van der Waals surface area (Å²) in [4.78, 5) is 3.76. The van der Waals surface area contributed by atoms with Gasteiger partial charge in [0, 0.05) is 26.4 Å². The first kappa shape index (κ1) is 14.7. The number of nitriles is 1. The first-order chi connectivity index (χ1) is 9.59. The van der Waals surface area contributed by atoms with Gasteiger partial charge in [0.1, 0.15) is 11.0 Å². The zero-order valence-electron chi connectivity index (χ0n) is 11.1. The molecule has 0 radical (unpaired) electrons. The highest BCUT2D eigenvalue weighted by Gasteiger charge is 2.28. The molecule has 0 saturated heterocycles. The quantitative estimate of drug-likeness (QED) is 0.771. The highest BCUT2D eigenvalue weighted by molar-refractivity contribution is 7.89. The summed E-state index contributed by atoms with van der Waals surface area (Å²) in [5.74, 6) is 0. The van der Waals surface area contributed by atoms with E-state index < -0.39 is 10.0 Å². The van der Waals surface area contributed by atoms with Crippen LogP contribution in [0.5, 0.6) is 0 Å². The molecule has 106 valence electrons. The van der Waals surface area contributed by atoms with E-state index in [0.29, 0.717) is 26.1 Å². The molecule has 0 bridgehead atoms. The van der Waals surface area contributed by atoms with Crippen molar-refractivity contribution in [1.82, 2.24) is 9.29 Å². The summed E-state index contributed by atoms with van der Waals surface area (Å²) in [5.41, 5.74) is 1.02. The van der Waals surface area contributed by atoms with E-state index >= 15 is 0 Å².